The SMILES string of the molecule is NC/C=C/COCCCC(F)(F)F. The molecule has 5 heteroatoms. The molecule has 13 heavy (non-hydrogen) atoms. The second-order valence-corrected chi connectivity index (χ2v) is 2.50. The van der Waals surface area contributed by atoms with Crippen LogP contribution in [-0.4, -0.2) is 25.9 Å². The largest absolute Gasteiger partial charge is 0.389 e. The smallest absolute Gasteiger partial charge is 0.377 e. The van der Waals surface area contributed by atoms with Gasteiger partial charge in [0.15, 0.2) is 0 Å². The molecule has 0 aliphatic heterocycles. The van der Waals surface area contributed by atoms with Gasteiger partial charge in [-0.05, 0) is 6.42 Å². The number of hydrogen-bond acceptors (Lipinski definition) is 2. The first-order valence-electron chi connectivity index (χ1n) is 4.06. The van der Waals surface area contributed by atoms with Gasteiger partial charge in [0, 0.05) is 19.6 Å². The first-order valence-corrected chi connectivity index (χ1v) is 4.06. The fourth-order valence-electron chi connectivity index (χ4n) is 0.690. The lowest BCUT2D eigenvalue weighted by Crippen LogP contribution is -2.08. The van der Waals surface area contributed by atoms with Crippen LogP contribution in [-0.2, 0) is 4.74 Å². The third-order valence-electron chi connectivity index (χ3n) is 1.27. The lowest BCUT2D eigenvalue weighted by molar-refractivity contribution is -0.137. The van der Waals surface area contributed by atoms with Crippen LogP contribution in [0.5, 0.6) is 0 Å². The molecule has 0 fully saturated rings. The monoisotopic (exact) mass is 197 g/mol. The van der Waals surface area contributed by atoms with Crippen molar-refractivity contribution in [1.82, 2.24) is 0 Å². The van der Waals surface area contributed by atoms with Crippen molar-refractivity contribution < 1.29 is 17.9 Å². The summed E-state index contributed by atoms with van der Waals surface area (Å²) in [7, 11) is 0. The third kappa shape index (κ3) is 11.5. The summed E-state index contributed by atoms with van der Waals surface area (Å²) in [4.78, 5) is 0. The molecule has 0 bridgehead atoms. The molecule has 2 N–H and O–H groups in total. The molecule has 0 aliphatic rings. The van der Waals surface area contributed by atoms with Crippen molar-refractivity contribution in [1.29, 1.82) is 0 Å². The van der Waals surface area contributed by atoms with E-state index in [2.05, 4.69) is 0 Å². The maximum Gasteiger partial charge on any atom is 0.389 e. The number of ether oxygens (including phenoxy) is 1. The first-order chi connectivity index (χ1) is 6.06. The molecule has 0 saturated heterocycles. The van der Waals surface area contributed by atoms with Gasteiger partial charge < -0.3 is 10.5 Å². The van der Waals surface area contributed by atoms with Gasteiger partial charge >= 0.3 is 6.18 Å². The number of rotatable bonds is 6. The van der Waals surface area contributed by atoms with Crippen molar-refractivity contribution in [2.75, 3.05) is 19.8 Å². The van der Waals surface area contributed by atoms with Gasteiger partial charge in [-0.25, -0.2) is 0 Å². The third-order valence-corrected chi connectivity index (χ3v) is 1.27. The van der Waals surface area contributed by atoms with Crippen LogP contribution in [0, 0.1) is 0 Å². The second-order valence-electron chi connectivity index (χ2n) is 2.50. The van der Waals surface area contributed by atoms with E-state index in [1.165, 1.54) is 0 Å². The second kappa shape index (κ2) is 6.91. The van der Waals surface area contributed by atoms with Gasteiger partial charge in [-0.2, -0.15) is 13.2 Å². The summed E-state index contributed by atoms with van der Waals surface area (Å²) < 4.78 is 39.7. The van der Waals surface area contributed by atoms with E-state index in [1.807, 2.05) is 0 Å². The molecule has 0 aliphatic carbocycles. The highest BCUT2D eigenvalue weighted by molar-refractivity contribution is 4.81. The Balaban J connectivity index is 3.13. The quantitative estimate of drug-likeness (QED) is 0.521. The van der Waals surface area contributed by atoms with Gasteiger partial charge in [0.05, 0.1) is 6.61 Å². The molecule has 0 radical (unpaired) electrons. The highest BCUT2D eigenvalue weighted by Gasteiger charge is 2.25. The van der Waals surface area contributed by atoms with Gasteiger partial charge in [0.2, 0.25) is 0 Å². The average Bonchev–Trinajstić information content (AvgIpc) is 2.01. The van der Waals surface area contributed by atoms with Crippen LogP contribution in [0.15, 0.2) is 12.2 Å². The zero-order chi connectivity index (χ0) is 10.2. The molecule has 0 saturated carbocycles. The van der Waals surface area contributed by atoms with Crippen LogP contribution in [0.25, 0.3) is 0 Å². The number of nitrogens with two attached hydrogens (primary N) is 1. The van der Waals surface area contributed by atoms with Gasteiger partial charge in [0.25, 0.3) is 0 Å². The van der Waals surface area contributed by atoms with Crippen LogP contribution in [0.1, 0.15) is 12.8 Å². The Bertz CT molecular complexity index is 145. The lowest BCUT2D eigenvalue weighted by atomic mass is 10.3. The van der Waals surface area contributed by atoms with Crippen molar-refractivity contribution in [2.45, 2.75) is 19.0 Å². The number of alkyl halides is 3. The Morgan fingerprint density at radius 1 is 1.23 bits per heavy atom. The van der Waals surface area contributed by atoms with Crippen LogP contribution >= 0.6 is 0 Å². The minimum absolute atomic E-state index is 0.0139. The summed E-state index contributed by atoms with van der Waals surface area (Å²) in [5.74, 6) is 0. The topological polar surface area (TPSA) is 35.2 Å². The van der Waals surface area contributed by atoms with Gasteiger partial charge in [-0.3, -0.25) is 0 Å². The van der Waals surface area contributed by atoms with E-state index in [1.54, 1.807) is 12.2 Å². The predicted octanol–water partition coefficient (Wildman–Crippen LogP) is 1.86. The summed E-state index contributed by atoms with van der Waals surface area (Å²) in [5, 5.41) is 0. The zero-order valence-corrected chi connectivity index (χ0v) is 7.31. The van der Waals surface area contributed by atoms with Crippen LogP contribution in [0.4, 0.5) is 13.2 Å². The summed E-state index contributed by atoms with van der Waals surface area (Å²) in [6, 6.07) is 0. The minimum Gasteiger partial charge on any atom is -0.377 e. The first kappa shape index (κ1) is 12.4. The molecular formula is C8H14F3NO. The van der Waals surface area contributed by atoms with Crippen molar-refractivity contribution >= 4 is 0 Å². The molecule has 78 valence electrons. The van der Waals surface area contributed by atoms with E-state index in [0.717, 1.165) is 0 Å². The Kier molecular flexibility index (Phi) is 6.62. The van der Waals surface area contributed by atoms with E-state index in [4.69, 9.17) is 10.5 Å². The van der Waals surface area contributed by atoms with Crippen molar-refractivity contribution in [2.24, 2.45) is 5.73 Å². The van der Waals surface area contributed by atoms with Crippen LogP contribution < -0.4 is 5.73 Å². The van der Waals surface area contributed by atoms with E-state index < -0.39 is 12.6 Å². The Morgan fingerprint density at radius 3 is 2.46 bits per heavy atom. The fourth-order valence-corrected chi connectivity index (χ4v) is 0.690. The molecule has 0 aromatic carbocycles. The number of halogens is 3. The summed E-state index contributed by atoms with van der Waals surface area (Å²) >= 11 is 0. The Hall–Kier alpha value is -0.550. The summed E-state index contributed by atoms with van der Waals surface area (Å²) in [6.45, 7) is 0.884. The van der Waals surface area contributed by atoms with Crippen LogP contribution in [0.3, 0.4) is 0 Å². The molecule has 0 rings (SSSR count). The number of hydrogen-bond donors (Lipinski definition) is 1. The zero-order valence-electron chi connectivity index (χ0n) is 7.31. The Labute approximate surface area is 75.6 Å². The molecule has 0 amide bonds. The standard InChI is InChI=1S/C8H14F3NO/c9-8(10,11)4-3-7-13-6-2-1-5-12/h1-2H,3-7,12H2/b2-1+. The maximum absolute atomic E-state index is 11.6. The van der Waals surface area contributed by atoms with Crippen molar-refractivity contribution in [3.05, 3.63) is 12.2 Å². The summed E-state index contributed by atoms with van der Waals surface area (Å²) in [5.41, 5.74) is 5.14. The molecular weight excluding hydrogens is 183 g/mol. The average molecular weight is 197 g/mol. The molecule has 0 heterocycles. The minimum atomic E-state index is -4.07. The van der Waals surface area contributed by atoms with E-state index in [0.29, 0.717) is 13.2 Å². The fraction of sp³-hybridized carbons (Fsp3) is 0.750. The van der Waals surface area contributed by atoms with Gasteiger partial charge in [-0.15, -0.1) is 0 Å². The predicted molar refractivity (Wildman–Crippen MR) is 44.3 cm³/mol. The molecule has 0 aromatic rings. The van der Waals surface area contributed by atoms with Crippen molar-refractivity contribution in [3.8, 4) is 0 Å². The molecule has 0 aromatic heterocycles. The van der Waals surface area contributed by atoms with Gasteiger partial charge in [-0.1, -0.05) is 12.2 Å². The lowest BCUT2D eigenvalue weighted by Gasteiger charge is -2.05. The van der Waals surface area contributed by atoms with E-state index in [-0.39, 0.29) is 13.0 Å². The molecule has 2 nitrogen and oxygen atoms in total. The normalized spacial score (nSPS) is 12.6. The molecule has 0 atom stereocenters. The van der Waals surface area contributed by atoms with E-state index in [9.17, 15) is 13.2 Å². The Morgan fingerprint density at radius 2 is 1.92 bits per heavy atom. The van der Waals surface area contributed by atoms with Crippen molar-refractivity contribution in [3.63, 3.8) is 0 Å². The van der Waals surface area contributed by atoms with E-state index >= 15 is 0 Å². The maximum atomic E-state index is 11.6. The molecule has 0 unspecified atom stereocenters. The van der Waals surface area contributed by atoms with Gasteiger partial charge in [0.1, 0.15) is 0 Å². The molecule has 0 spiro atoms. The van der Waals surface area contributed by atoms with Crippen LogP contribution in [0.2, 0.25) is 0 Å². The summed E-state index contributed by atoms with van der Waals surface area (Å²) in [6.07, 6.45) is -1.46. The highest BCUT2D eigenvalue weighted by Crippen LogP contribution is 2.20. The highest BCUT2D eigenvalue weighted by atomic mass is 19.4.